The second-order valence-corrected chi connectivity index (χ2v) is 7.72. The van der Waals surface area contributed by atoms with Gasteiger partial charge in [-0.2, -0.15) is 5.10 Å². The Morgan fingerprint density at radius 1 is 1.22 bits per heavy atom. The molecule has 2 fully saturated rings. The van der Waals surface area contributed by atoms with Gasteiger partial charge in [-0.15, -0.1) is 0 Å². The number of nitrogens with one attached hydrogen (secondary N) is 1. The smallest absolute Gasteiger partial charge is 0.248 e. The molecule has 1 aliphatic carbocycles. The minimum absolute atomic E-state index is 0.0556. The number of methoxy groups -OCH3 is 1. The molecule has 0 bridgehead atoms. The molecule has 1 aromatic carbocycles. The molecule has 1 saturated carbocycles. The third kappa shape index (κ3) is 3.51. The van der Waals surface area contributed by atoms with Crippen LogP contribution in [0.25, 0.3) is 10.9 Å². The molecule has 1 N–H and O–H groups in total. The van der Waals surface area contributed by atoms with Crippen LogP contribution in [0.3, 0.4) is 0 Å². The Labute approximate surface area is 157 Å². The number of ether oxygens (including phenoxy) is 1. The number of likely N-dealkylation sites (tertiary alicyclic amines) is 1. The van der Waals surface area contributed by atoms with Gasteiger partial charge in [-0.25, -0.2) is 8.78 Å². The summed E-state index contributed by atoms with van der Waals surface area (Å²) in [4.78, 5) is 14.6. The summed E-state index contributed by atoms with van der Waals surface area (Å²) >= 11 is 0. The molecule has 7 heteroatoms. The van der Waals surface area contributed by atoms with Gasteiger partial charge in [0.1, 0.15) is 11.3 Å². The number of aromatic amines is 1. The summed E-state index contributed by atoms with van der Waals surface area (Å²) in [6, 6.07) is 5.88. The number of para-hydroxylation sites is 1. The largest absolute Gasteiger partial charge is 0.494 e. The Balaban J connectivity index is 1.40. The van der Waals surface area contributed by atoms with Gasteiger partial charge < -0.3 is 9.64 Å². The van der Waals surface area contributed by atoms with Gasteiger partial charge in [0.15, 0.2) is 0 Å². The molecule has 0 radical (unpaired) electrons. The van der Waals surface area contributed by atoms with Gasteiger partial charge in [-0.1, -0.05) is 12.1 Å². The van der Waals surface area contributed by atoms with E-state index < -0.39 is 5.92 Å². The van der Waals surface area contributed by atoms with Crippen molar-refractivity contribution in [3.8, 4) is 5.75 Å². The fourth-order valence-corrected chi connectivity index (χ4v) is 4.44. The highest BCUT2D eigenvalue weighted by Gasteiger charge is 2.39. The van der Waals surface area contributed by atoms with Crippen LogP contribution in [0.2, 0.25) is 0 Å². The molecule has 1 amide bonds. The van der Waals surface area contributed by atoms with E-state index in [9.17, 15) is 13.6 Å². The van der Waals surface area contributed by atoms with Gasteiger partial charge in [0.05, 0.1) is 7.11 Å². The van der Waals surface area contributed by atoms with Crippen molar-refractivity contribution < 1.29 is 18.3 Å². The quantitative estimate of drug-likeness (QED) is 0.876. The van der Waals surface area contributed by atoms with E-state index in [0.29, 0.717) is 31.8 Å². The number of carbonyl (C=O) groups is 1. The van der Waals surface area contributed by atoms with Crippen molar-refractivity contribution in [2.75, 3.05) is 20.2 Å². The Morgan fingerprint density at radius 3 is 2.59 bits per heavy atom. The first-order valence-electron chi connectivity index (χ1n) is 9.66. The van der Waals surface area contributed by atoms with Crippen molar-refractivity contribution in [3.05, 3.63) is 23.9 Å². The summed E-state index contributed by atoms with van der Waals surface area (Å²) in [6.07, 6.45) is 1.98. The lowest BCUT2D eigenvalue weighted by molar-refractivity contribution is -0.140. The lowest BCUT2D eigenvalue weighted by atomic mass is 9.84. The molecule has 2 aliphatic rings. The van der Waals surface area contributed by atoms with Gasteiger partial charge in [0, 0.05) is 48.8 Å². The van der Waals surface area contributed by atoms with Crippen molar-refractivity contribution in [1.29, 1.82) is 0 Å². The standard InChI is InChI=1S/C20H25F2N3O2/c1-27-16-4-2-3-15-17(23-24-18(15)16)13-7-11-25(12-8-13)19(26)14-5-9-20(21,22)10-6-14/h2-4,13-14H,5-12H2,1H3,(H,23,24). The first-order valence-corrected chi connectivity index (χ1v) is 9.66. The minimum atomic E-state index is -2.59. The second kappa shape index (κ2) is 7.09. The van der Waals surface area contributed by atoms with Crippen molar-refractivity contribution in [3.63, 3.8) is 0 Å². The summed E-state index contributed by atoms with van der Waals surface area (Å²) in [5, 5.41) is 8.63. The SMILES string of the molecule is COc1cccc2c(C3CCN(C(=O)C4CCC(F)(F)CC4)CC3)[nH]nc12. The number of carbonyl (C=O) groups excluding carboxylic acids is 1. The predicted octanol–water partition coefficient (Wildman–Crippen LogP) is 4.10. The molecule has 1 aromatic heterocycles. The van der Waals surface area contributed by atoms with Crippen molar-refractivity contribution in [2.24, 2.45) is 5.92 Å². The average Bonchev–Trinajstić information content (AvgIpc) is 3.12. The summed E-state index contributed by atoms with van der Waals surface area (Å²) in [5.41, 5.74) is 1.92. The molecular weight excluding hydrogens is 352 g/mol. The van der Waals surface area contributed by atoms with E-state index in [2.05, 4.69) is 10.2 Å². The zero-order valence-electron chi connectivity index (χ0n) is 15.5. The Bertz CT molecular complexity index is 818. The van der Waals surface area contributed by atoms with Crippen LogP contribution in [-0.4, -0.2) is 47.1 Å². The van der Waals surface area contributed by atoms with Gasteiger partial charge in [0.25, 0.3) is 0 Å². The van der Waals surface area contributed by atoms with Crippen molar-refractivity contribution >= 4 is 16.8 Å². The molecule has 0 spiro atoms. The van der Waals surface area contributed by atoms with Crippen LogP contribution in [0.1, 0.15) is 50.1 Å². The molecule has 0 atom stereocenters. The highest BCUT2D eigenvalue weighted by atomic mass is 19.3. The van der Waals surface area contributed by atoms with E-state index in [-0.39, 0.29) is 24.7 Å². The fourth-order valence-electron chi connectivity index (χ4n) is 4.44. The summed E-state index contributed by atoms with van der Waals surface area (Å²) in [5.74, 6) is -1.72. The number of rotatable bonds is 3. The van der Waals surface area contributed by atoms with Gasteiger partial charge in [-0.3, -0.25) is 9.89 Å². The Kier molecular flexibility index (Phi) is 4.78. The average molecular weight is 377 g/mol. The number of piperidine rings is 1. The zero-order chi connectivity index (χ0) is 19.0. The molecule has 4 rings (SSSR count). The monoisotopic (exact) mass is 377 g/mol. The van der Waals surface area contributed by atoms with Crippen LogP contribution in [0.5, 0.6) is 5.75 Å². The molecule has 1 aliphatic heterocycles. The predicted molar refractivity (Wildman–Crippen MR) is 98.1 cm³/mol. The molecular formula is C20H25F2N3O2. The minimum Gasteiger partial charge on any atom is -0.494 e. The number of alkyl halides is 2. The van der Waals surface area contributed by atoms with E-state index in [4.69, 9.17) is 4.74 Å². The van der Waals surface area contributed by atoms with E-state index in [1.807, 2.05) is 23.1 Å². The number of H-pyrrole nitrogens is 1. The number of benzene rings is 1. The summed E-state index contributed by atoms with van der Waals surface area (Å²) in [7, 11) is 1.63. The van der Waals surface area contributed by atoms with Crippen LogP contribution < -0.4 is 4.74 Å². The number of hydrogen-bond donors (Lipinski definition) is 1. The Morgan fingerprint density at radius 2 is 1.93 bits per heavy atom. The maximum Gasteiger partial charge on any atom is 0.248 e. The molecule has 0 unspecified atom stereocenters. The first-order chi connectivity index (χ1) is 13.0. The second-order valence-electron chi connectivity index (χ2n) is 7.72. The lowest BCUT2D eigenvalue weighted by Crippen LogP contribution is -2.43. The number of hydrogen-bond acceptors (Lipinski definition) is 3. The zero-order valence-corrected chi connectivity index (χ0v) is 15.5. The third-order valence-corrected chi connectivity index (χ3v) is 6.08. The number of amides is 1. The van der Waals surface area contributed by atoms with Gasteiger partial charge in [0.2, 0.25) is 11.8 Å². The molecule has 27 heavy (non-hydrogen) atoms. The van der Waals surface area contributed by atoms with Crippen LogP contribution in [-0.2, 0) is 4.79 Å². The molecule has 2 aromatic rings. The van der Waals surface area contributed by atoms with Crippen LogP contribution >= 0.6 is 0 Å². The van der Waals surface area contributed by atoms with Crippen LogP contribution in [0, 0.1) is 5.92 Å². The van der Waals surface area contributed by atoms with Gasteiger partial charge in [-0.05, 0) is 31.7 Å². The molecule has 2 heterocycles. The summed E-state index contributed by atoms with van der Waals surface area (Å²) in [6.45, 7) is 1.34. The van der Waals surface area contributed by atoms with Crippen LogP contribution in [0.4, 0.5) is 8.78 Å². The van der Waals surface area contributed by atoms with Gasteiger partial charge >= 0.3 is 0 Å². The van der Waals surface area contributed by atoms with E-state index >= 15 is 0 Å². The topological polar surface area (TPSA) is 58.2 Å². The highest BCUT2D eigenvalue weighted by Crippen LogP contribution is 2.38. The maximum atomic E-state index is 13.3. The van der Waals surface area contributed by atoms with E-state index in [1.165, 1.54) is 0 Å². The van der Waals surface area contributed by atoms with E-state index in [0.717, 1.165) is 35.2 Å². The molecule has 146 valence electrons. The molecule has 1 saturated heterocycles. The first kappa shape index (κ1) is 18.2. The Hall–Kier alpha value is -2.18. The maximum absolute atomic E-state index is 13.3. The lowest BCUT2D eigenvalue weighted by Gasteiger charge is -2.36. The molecule has 5 nitrogen and oxygen atoms in total. The summed E-state index contributed by atoms with van der Waals surface area (Å²) < 4.78 is 32.0. The normalized spacial score (nSPS) is 21.5. The van der Waals surface area contributed by atoms with Crippen molar-refractivity contribution in [2.45, 2.75) is 50.4 Å². The number of nitrogens with zero attached hydrogens (tertiary/aromatic N) is 2. The third-order valence-electron chi connectivity index (χ3n) is 6.08. The number of fused-ring (bicyclic) bond motifs is 1. The van der Waals surface area contributed by atoms with Crippen molar-refractivity contribution in [1.82, 2.24) is 15.1 Å². The fraction of sp³-hybridized carbons (Fsp3) is 0.600. The van der Waals surface area contributed by atoms with Crippen LogP contribution in [0.15, 0.2) is 18.2 Å². The number of aromatic nitrogens is 2. The number of halogens is 2. The van der Waals surface area contributed by atoms with E-state index in [1.54, 1.807) is 7.11 Å². The highest BCUT2D eigenvalue weighted by molar-refractivity contribution is 5.87.